The van der Waals surface area contributed by atoms with Crippen molar-refractivity contribution >= 4 is 23.4 Å². The molecule has 0 aliphatic heterocycles. The molecule has 2 amide bonds. The third-order valence-electron chi connectivity index (χ3n) is 5.85. The van der Waals surface area contributed by atoms with Crippen molar-refractivity contribution in [3.8, 4) is 17.1 Å². The summed E-state index contributed by atoms with van der Waals surface area (Å²) in [6, 6.07) is 18.5. The zero-order valence-corrected chi connectivity index (χ0v) is 22.0. The fourth-order valence-electron chi connectivity index (χ4n) is 3.79. The Morgan fingerprint density at radius 3 is 2.40 bits per heavy atom. The molecule has 40 heavy (non-hydrogen) atoms. The lowest BCUT2D eigenvalue weighted by Gasteiger charge is -2.24. The Hall–Kier alpha value is -4.45. The summed E-state index contributed by atoms with van der Waals surface area (Å²) >= 11 is 5.90. The number of nitrogens with zero attached hydrogens (tertiary/aromatic N) is 5. The van der Waals surface area contributed by atoms with Crippen LogP contribution in [-0.4, -0.2) is 50.6 Å². The van der Waals surface area contributed by atoms with Gasteiger partial charge in [-0.15, -0.1) is 10.2 Å². The van der Waals surface area contributed by atoms with Gasteiger partial charge < -0.3 is 15.0 Å². The Morgan fingerprint density at radius 2 is 1.73 bits per heavy atom. The lowest BCUT2D eigenvalue weighted by atomic mass is 10.1. The highest BCUT2D eigenvalue weighted by Crippen LogP contribution is 2.32. The van der Waals surface area contributed by atoms with Gasteiger partial charge in [-0.3, -0.25) is 9.59 Å². The number of ether oxygens (including phenoxy) is 1. The summed E-state index contributed by atoms with van der Waals surface area (Å²) in [5.74, 6) is -0.342. The first kappa shape index (κ1) is 28.6. The maximum absolute atomic E-state index is 13.6. The fourth-order valence-corrected chi connectivity index (χ4v) is 3.92. The minimum Gasteiger partial charge on any atom is -0.497 e. The Morgan fingerprint density at radius 1 is 1.02 bits per heavy atom. The molecule has 0 unspecified atom stereocenters. The van der Waals surface area contributed by atoms with E-state index in [4.69, 9.17) is 16.3 Å². The van der Waals surface area contributed by atoms with E-state index in [-0.39, 0.29) is 17.9 Å². The number of carbonyl (C=O) groups excluding carboxylic acids is 2. The molecule has 0 aliphatic rings. The first-order valence-corrected chi connectivity index (χ1v) is 12.4. The number of aromatic nitrogens is 4. The predicted molar refractivity (Wildman–Crippen MR) is 140 cm³/mol. The summed E-state index contributed by atoms with van der Waals surface area (Å²) in [6.45, 7) is -1.23. The van der Waals surface area contributed by atoms with Crippen LogP contribution in [0, 0.1) is 0 Å². The molecule has 4 rings (SSSR count). The van der Waals surface area contributed by atoms with Gasteiger partial charge in [0.2, 0.25) is 17.6 Å². The van der Waals surface area contributed by atoms with E-state index in [0.29, 0.717) is 16.3 Å². The van der Waals surface area contributed by atoms with Crippen molar-refractivity contribution in [2.75, 3.05) is 13.7 Å². The van der Waals surface area contributed by atoms with Crippen LogP contribution >= 0.6 is 11.6 Å². The van der Waals surface area contributed by atoms with Crippen molar-refractivity contribution in [1.29, 1.82) is 0 Å². The van der Waals surface area contributed by atoms with Crippen molar-refractivity contribution in [2.24, 2.45) is 0 Å². The molecule has 0 radical (unpaired) electrons. The second-order valence-corrected chi connectivity index (χ2v) is 9.12. The first-order valence-electron chi connectivity index (χ1n) is 12.0. The van der Waals surface area contributed by atoms with E-state index in [0.717, 1.165) is 21.3 Å². The zero-order valence-electron chi connectivity index (χ0n) is 21.2. The van der Waals surface area contributed by atoms with E-state index in [1.807, 2.05) is 0 Å². The molecule has 1 heterocycles. The fraction of sp³-hybridized carbons (Fsp3) is 0.222. The quantitative estimate of drug-likeness (QED) is 0.303. The van der Waals surface area contributed by atoms with Gasteiger partial charge in [0.05, 0.1) is 19.2 Å². The van der Waals surface area contributed by atoms with Gasteiger partial charge in [0, 0.05) is 23.7 Å². The maximum atomic E-state index is 13.6. The molecule has 0 aliphatic carbocycles. The molecule has 1 aromatic heterocycles. The van der Waals surface area contributed by atoms with E-state index in [2.05, 4.69) is 20.7 Å². The van der Waals surface area contributed by atoms with Crippen LogP contribution in [-0.2, 0) is 35.4 Å². The molecule has 3 aromatic carbocycles. The molecule has 4 aromatic rings. The monoisotopic (exact) mass is 572 g/mol. The SMILES string of the molecule is COc1ccc(CNC(=O)CN(Cc2ccccc2C(F)(F)F)C(=O)Cn2nnc(-c3ccc(Cl)cc3)n2)cc1. The number of benzene rings is 3. The summed E-state index contributed by atoms with van der Waals surface area (Å²) in [5, 5.41) is 15.2. The molecule has 0 atom stereocenters. The van der Waals surface area contributed by atoms with Crippen molar-refractivity contribution in [3.05, 3.63) is 94.5 Å². The second kappa shape index (κ2) is 12.6. The molecule has 9 nitrogen and oxygen atoms in total. The standard InChI is InChI=1S/C27H24ClF3N6O3/c1-40-22-12-6-18(7-13-22)14-32-24(38)16-36(15-20-4-2-3-5-23(20)27(29,30)31)25(39)17-37-34-26(33-35-37)19-8-10-21(28)11-9-19/h2-13H,14-17H2,1H3,(H,32,38). The van der Waals surface area contributed by atoms with Crippen LogP contribution in [0.25, 0.3) is 11.4 Å². The molecule has 0 saturated carbocycles. The number of carbonyl (C=O) groups is 2. The summed E-state index contributed by atoms with van der Waals surface area (Å²) in [5.41, 5.74) is 0.336. The highest BCUT2D eigenvalue weighted by molar-refractivity contribution is 6.30. The van der Waals surface area contributed by atoms with E-state index in [1.54, 1.807) is 48.5 Å². The van der Waals surface area contributed by atoms with Crippen molar-refractivity contribution < 1.29 is 27.5 Å². The molecular formula is C27H24ClF3N6O3. The number of rotatable bonds is 10. The number of hydrogen-bond donors (Lipinski definition) is 1. The summed E-state index contributed by atoms with van der Waals surface area (Å²) in [4.78, 5) is 28.1. The van der Waals surface area contributed by atoms with Crippen LogP contribution in [0.2, 0.25) is 5.02 Å². The summed E-state index contributed by atoms with van der Waals surface area (Å²) in [6.07, 6.45) is -4.64. The van der Waals surface area contributed by atoms with Gasteiger partial charge in [-0.2, -0.15) is 18.0 Å². The van der Waals surface area contributed by atoms with Gasteiger partial charge >= 0.3 is 6.18 Å². The molecular weight excluding hydrogens is 549 g/mol. The van der Waals surface area contributed by atoms with Crippen LogP contribution in [0.15, 0.2) is 72.8 Å². The van der Waals surface area contributed by atoms with Crippen LogP contribution in [0.3, 0.4) is 0 Å². The lowest BCUT2D eigenvalue weighted by molar-refractivity contribution is -0.141. The molecule has 13 heteroatoms. The smallest absolute Gasteiger partial charge is 0.416 e. The molecule has 0 spiro atoms. The number of amides is 2. The number of methoxy groups -OCH3 is 1. The Kier molecular flexibility index (Phi) is 9.00. The first-order chi connectivity index (χ1) is 19.1. The average Bonchev–Trinajstić information content (AvgIpc) is 3.40. The van der Waals surface area contributed by atoms with E-state index in [1.165, 1.54) is 25.3 Å². The molecule has 208 valence electrons. The second-order valence-electron chi connectivity index (χ2n) is 8.68. The molecule has 0 bridgehead atoms. The Labute approximate surface area is 232 Å². The predicted octanol–water partition coefficient (Wildman–Crippen LogP) is 4.37. The number of hydrogen-bond acceptors (Lipinski definition) is 6. The molecule has 0 fully saturated rings. The number of tetrazole rings is 1. The minimum absolute atomic E-state index is 0.152. The Bertz CT molecular complexity index is 1460. The van der Waals surface area contributed by atoms with E-state index in [9.17, 15) is 22.8 Å². The Balaban J connectivity index is 1.50. The van der Waals surface area contributed by atoms with Gasteiger partial charge in [0.25, 0.3) is 0 Å². The van der Waals surface area contributed by atoms with Crippen LogP contribution in [0.1, 0.15) is 16.7 Å². The van der Waals surface area contributed by atoms with Crippen LogP contribution in [0.5, 0.6) is 5.75 Å². The van der Waals surface area contributed by atoms with Gasteiger partial charge in [-0.25, -0.2) is 0 Å². The highest BCUT2D eigenvalue weighted by Gasteiger charge is 2.34. The van der Waals surface area contributed by atoms with Gasteiger partial charge in [0.15, 0.2) is 0 Å². The average molecular weight is 573 g/mol. The van der Waals surface area contributed by atoms with Crippen molar-refractivity contribution in [2.45, 2.75) is 25.8 Å². The van der Waals surface area contributed by atoms with Crippen molar-refractivity contribution in [1.82, 2.24) is 30.4 Å². The third-order valence-corrected chi connectivity index (χ3v) is 6.10. The summed E-state index contributed by atoms with van der Waals surface area (Å²) in [7, 11) is 1.53. The van der Waals surface area contributed by atoms with Crippen molar-refractivity contribution in [3.63, 3.8) is 0 Å². The maximum Gasteiger partial charge on any atom is 0.416 e. The van der Waals surface area contributed by atoms with Gasteiger partial charge in [-0.1, -0.05) is 41.9 Å². The number of alkyl halides is 3. The van der Waals surface area contributed by atoms with Gasteiger partial charge in [0.1, 0.15) is 12.3 Å². The highest BCUT2D eigenvalue weighted by atomic mass is 35.5. The lowest BCUT2D eigenvalue weighted by Crippen LogP contribution is -2.42. The molecule has 0 saturated heterocycles. The summed E-state index contributed by atoms with van der Waals surface area (Å²) < 4.78 is 46.0. The zero-order chi connectivity index (χ0) is 28.7. The number of halogens is 4. The largest absolute Gasteiger partial charge is 0.497 e. The van der Waals surface area contributed by atoms with Crippen LogP contribution < -0.4 is 10.1 Å². The number of nitrogens with one attached hydrogen (secondary N) is 1. The minimum atomic E-state index is -4.64. The van der Waals surface area contributed by atoms with Crippen LogP contribution in [0.4, 0.5) is 13.2 Å². The van der Waals surface area contributed by atoms with E-state index >= 15 is 0 Å². The molecule has 1 N–H and O–H groups in total. The van der Waals surface area contributed by atoms with Gasteiger partial charge in [-0.05, 0) is 58.8 Å². The normalized spacial score (nSPS) is 11.2. The third kappa shape index (κ3) is 7.56. The topological polar surface area (TPSA) is 102 Å². The van der Waals surface area contributed by atoms with E-state index < -0.39 is 43.2 Å².